The van der Waals surface area contributed by atoms with Gasteiger partial charge in [-0.2, -0.15) is 0 Å². The standard InChI is InChI=1S/C13H12ClNO2S/c1-3-11(16)13(8-15(18-2)12(13)17)9-6-4-5-7-10(9)14/h3-7H,1,8H2,2H3. The second kappa shape index (κ2) is 4.78. The molecule has 1 atom stereocenters. The van der Waals surface area contributed by atoms with Gasteiger partial charge in [-0.25, -0.2) is 0 Å². The van der Waals surface area contributed by atoms with Crippen LogP contribution in [0, 0.1) is 0 Å². The Morgan fingerprint density at radius 3 is 2.72 bits per heavy atom. The fraction of sp³-hybridized carbons (Fsp3) is 0.231. The second-order valence-corrected chi connectivity index (χ2v) is 5.19. The van der Waals surface area contributed by atoms with Crippen molar-refractivity contribution < 1.29 is 9.59 Å². The molecule has 0 bridgehead atoms. The second-order valence-electron chi connectivity index (χ2n) is 3.98. The number of nitrogens with zero attached hydrogens (tertiary/aromatic N) is 1. The number of β-lactam (4-membered cyclic amide) rings is 1. The zero-order valence-corrected chi connectivity index (χ0v) is 11.4. The van der Waals surface area contributed by atoms with Crippen LogP contribution in [0.5, 0.6) is 0 Å². The molecule has 0 spiro atoms. The SMILES string of the molecule is C=CC(=O)C1(c2ccccc2Cl)CN(SC)C1=O. The van der Waals surface area contributed by atoms with Crippen LogP contribution >= 0.6 is 23.5 Å². The summed E-state index contributed by atoms with van der Waals surface area (Å²) in [5, 5.41) is 0.432. The summed E-state index contributed by atoms with van der Waals surface area (Å²) in [7, 11) is 0. The summed E-state index contributed by atoms with van der Waals surface area (Å²) >= 11 is 7.42. The first-order valence-corrected chi connectivity index (χ1v) is 6.92. The van der Waals surface area contributed by atoms with Crippen LogP contribution in [0.1, 0.15) is 5.56 Å². The van der Waals surface area contributed by atoms with Gasteiger partial charge in [0.1, 0.15) is 0 Å². The molecule has 3 nitrogen and oxygen atoms in total. The van der Waals surface area contributed by atoms with Gasteiger partial charge in [-0.05, 0) is 17.7 Å². The van der Waals surface area contributed by atoms with E-state index in [1.54, 1.807) is 34.8 Å². The summed E-state index contributed by atoms with van der Waals surface area (Å²) in [6, 6.07) is 6.95. The van der Waals surface area contributed by atoms with Crippen LogP contribution in [-0.4, -0.2) is 28.8 Å². The molecule has 0 aliphatic carbocycles. The van der Waals surface area contributed by atoms with Crippen molar-refractivity contribution in [3.8, 4) is 0 Å². The van der Waals surface area contributed by atoms with Crippen LogP contribution in [0.4, 0.5) is 0 Å². The molecule has 1 aliphatic rings. The largest absolute Gasteiger partial charge is 0.293 e. The Kier molecular flexibility index (Phi) is 3.50. The van der Waals surface area contributed by atoms with Crippen molar-refractivity contribution in [3.63, 3.8) is 0 Å². The van der Waals surface area contributed by atoms with Crippen molar-refractivity contribution in [2.75, 3.05) is 12.8 Å². The van der Waals surface area contributed by atoms with Gasteiger partial charge in [-0.3, -0.25) is 13.9 Å². The molecular formula is C13H12ClNO2S. The number of carbonyl (C=O) groups is 2. The lowest BCUT2D eigenvalue weighted by Crippen LogP contribution is -2.65. The van der Waals surface area contributed by atoms with Gasteiger partial charge in [0.2, 0.25) is 0 Å². The molecule has 18 heavy (non-hydrogen) atoms. The van der Waals surface area contributed by atoms with Gasteiger partial charge >= 0.3 is 0 Å². The Morgan fingerprint density at radius 1 is 1.56 bits per heavy atom. The third kappa shape index (κ3) is 1.68. The Morgan fingerprint density at radius 2 is 2.22 bits per heavy atom. The van der Waals surface area contributed by atoms with E-state index < -0.39 is 5.41 Å². The van der Waals surface area contributed by atoms with Crippen LogP contribution < -0.4 is 0 Å². The molecule has 5 heteroatoms. The number of hydrogen-bond donors (Lipinski definition) is 0. The molecule has 0 aromatic heterocycles. The molecular weight excluding hydrogens is 270 g/mol. The minimum absolute atomic E-state index is 0.229. The molecule has 1 aliphatic heterocycles. The van der Waals surface area contributed by atoms with E-state index in [9.17, 15) is 9.59 Å². The summed E-state index contributed by atoms with van der Waals surface area (Å²) in [5.74, 6) is -0.529. The van der Waals surface area contributed by atoms with Crippen molar-refractivity contribution in [2.45, 2.75) is 5.41 Å². The molecule has 1 amide bonds. The number of amides is 1. The van der Waals surface area contributed by atoms with Gasteiger partial charge in [0.25, 0.3) is 5.91 Å². The maximum absolute atomic E-state index is 12.2. The normalized spacial score (nSPS) is 22.6. The number of hydrogen-bond acceptors (Lipinski definition) is 3. The number of halogens is 1. The maximum Gasteiger partial charge on any atom is 0.252 e. The Hall–Kier alpha value is -1.26. The zero-order chi connectivity index (χ0) is 13.3. The van der Waals surface area contributed by atoms with E-state index in [4.69, 9.17) is 11.6 Å². The molecule has 1 saturated heterocycles. The highest BCUT2D eigenvalue weighted by atomic mass is 35.5. The van der Waals surface area contributed by atoms with Gasteiger partial charge in [0.05, 0.1) is 6.54 Å². The summed E-state index contributed by atoms with van der Waals surface area (Å²) in [5.41, 5.74) is -0.616. The van der Waals surface area contributed by atoms with Gasteiger partial charge in [0.15, 0.2) is 11.2 Å². The highest BCUT2D eigenvalue weighted by Gasteiger charge is 2.58. The quantitative estimate of drug-likeness (QED) is 0.368. The molecule has 94 valence electrons. The molecule has 1 aromatic carbocycles. The van der Waals surface area contributed by atoms with Crippen molar-refractivity contribution in [1.29, 1.82) is 0 Å². The monoisotopic (exact) mass is 281 g/mol. The number of carbonyl (C=O) groups excluding carboxylic acids is 2. The summed E-state index contributed by atoms with van der Waals surface area (Å²) in [6.07, 6.45) is 2.99. The van der Waals surface area contributed by atoms with Crippen LogP contribution in [0.2, 0.25) is 5.02 Å². The topological polar surface area (TPSA) is 37.4 Å². The molecule has 1 unspecified atom stereocenters. The van der Waals surface area contributed by atoms with Gasteiger partial charge < -0.3 is 0 Å². The third-order valence-electron chi connectivity index (χ3n) is 3.13. The lowest BCUT2D eigenvalue weighted by Gasteiger charge is -2.46. The number of allylic oxidation sites excluding steroid dienone is 1. The van der Waals surface area contributed by atoms with Gasteiger partial charge in [0, 0.05) is 11.3 Å². The minimum Gasteiger partial charge on any atom is -0.293 e. The molecule has 1 aromatic rings. The molecule has 1 heterocycles. The van der Waals surface area contributed by atoms with Crippen LogP contribution in [0.3, 0.4) is 0 Å². The highest BCUT2D eigenvalue weighted by Crippen LogP contribution is 2.42. The first kappa shape index (κ1) is 13.2. The van der Waals surface area contributed by atoms with E-state index in [0.29, 0.717) is 17.1 Å². The predicted molar refractivity (Wildman–Crippen MR) is 73.6 cm³/mol. The third-order valence-corrected chi connectivity index (χ3v) is 4.20. The van der Waals surface area contributed by atoms with Crippen molar-refractivity contribution in [3.05, 3.63) is 47.5 Å². The molecule has 1 fully saturated rings. The number of rotatable bonds is 4. The van der Waals surface area contributed by atoms with Gasteiger partial charge in [-0.1, -0.05) is 48.3 Å². The average molecular weight is 282 g/mol. The summed E-state index contributed by atoms with van der Waals surface area (Å²) < 4.78 is 1.55. The maximum atomic E-state index is 12.2. The van der Waals surface area contributed by atoms with Crippen molar-refractivity contribution in [1.82, 2.24) is 4.31 Å². The molecule has 0 saturated carbocycles. The Bertz CT molecular complexity index is 531. The number of ketones is 1. The average Bonchev–Trinajstić information content (AvgIpc) is 2.39. The molecule has 0 N–H and O–H groups in total. The first-order chi connectivity index (χ1) is 8.57. The van der Waals surface area contributed by atoms with Crippen molar-refractivity contribution >= 4 is 35.2 Å². The molecule has 0 radical (unpaired) electrons. The Balaban J connectivity index is 2.53. The fourth-order valence-corrected chi connectivity index (χ4v) is 3.06. The Labute approximate surface area is 115 Å². The van der Waals surface area contributed by atoms with Crippen LogP contribution in [0.15, 0.2) is 36.9 Å². The van der Waals surface area contributed by atoms with E-state index in [0.717, 1.165) is 0 Å². The lowest BCUT2D eigenvalue weighted by molar-refractivity contribution is -0.148. The first-order valence-electron chi connectivity index (χ1n) is 5.36. The smallest absolute Gasteiger partial charge is 0.252 e. The fourth-order valence-electron chi connectivity index (χ4n) is 2.12. The summed E-state index contributed by atoms with van der Waals surface area (Å²) in [4.78, 5) is 24.4. The lowest BCUT2D eigenvalue weighted by atomic mass is 9.71. The summed E-state index contributed by atoms with van der Waals surface area (Å²) in [6.45, 7) is 3.81. The molecule has 2 rings (SSSR count). The van der Waals surface area contributed by atoms with E-state index in [1.165, 1.54) is 18.0 Å². The minimum atomic E-state index is -1.18. The van der Waals surface area contributed by atoms with Crippen LogP contribution in [-0.2, 0) is 15.0 Å². The predicted octanol–water partition coefficient (Wildman–Crippen LogP) is 2.45. The van der Waals surface area contributed by atoms with Crippen molar-refractivity contribution in [2.24, 2.45) is 0 Å². The highest BCUT2D eigenvalue weighted by molar-refractivity contribution is 7.96. The van der Waals surface area contributed by atoms with E-state index >= 15 is 0 Å². The van der Waals surface area contributed by atoms with E-state index in [2.05, 4.69) is 6.58 Å². The van der Waals surface area contributed by atoms with E-state index in [1.807, 2.05) is 0 Å². The van der Waals surface area contributed by atoms with E-state index in [-0.39, 0.29) is 11.7 Å². The van der Waals surface area contributed by atoms with Crippen LogP contribution in [0.25, 0.3) is 0 Å². The number of benzene rings is 1. The zero-order valence-electron chi connectivity index (χ0n) is 9.85. The van der Waals surface area contributed by atoms with Gasteiger partial charge in [-0.15, -0.1) is 0 Å².